The molecule has 3 aromatic rings. The standard InChI is InChI=1S/C23H22F2N2O3/c24-18-5-7-19(8-6-18)29-16-20-9-10-22(30-20)23(28)27-13-11-26(12-14-27)15-17-3-1-2-4-21(17)25/h1-10H,11-16H2. The smallest absolute Gasteiger partial charge is 0.289 e. The zero-order valence-electron chi connectivity index (χ0n) is 16.4. The van der Waals surface area contributed by atoms with Gasteiger partial charge in [0.05, 0.1) is 0 Å². The summed E-state index contributed by atoms with van der Waals surface area (Å²) in [4.78, 5) is 16.6. The van der Waals surface area contributed by atoms with Crippen LogP contribution in [-0.2, 0) is 13.2 Å². The molecular formula is C23H22F2N2O3. The molecule has 1 aromatic heterocycles. The number of ether oxygens (including phenoxy) is 1. The van der Waals surface area contributed by atoms with Crippen molar-refractivity contribution in [1.29, 1.82) is 0 Å². The molecular weight excluding hydrogens is 390 g/mol. The Balaban J connectivity index is 1.28. The first-order valence-corrected chi connectivity index (χ1v) is 9.80. The third kappa shape index (κ3) is 4.86. The van der Waals surface area contributed by atoms with E-state index in [1.165, 1.54) is 30.3 Å². The quantitative estimate of drug-likeness (QED) is 0.612. The molecule has 0 saturated carbocycles. The van der Waals surface area contributed by atoms with Crippen LogP contribution in [0, 0.1) is 11.6 Å². The van der Waals surface area contributed by atoms with Gasteiger partial charge in [0.2, 0.25) is 0 Å². The molecule has 7 heteroatoms. The highest BCUT2D eigenvalue weighted by Crippen LogP contribution is 2.18. The Morgan fingerprint density at radius 2 is 1.67 bits per heavy atom. The zero-order chi connectivity index (χ0) is 20.9. The molecule has 5 nitrogen and oxygen atoms in total. The lowest BCUT2D eigenvalue weighted by atomic mass is 10.2. The average Bonchev–Trinajstić information content (AvgIpc) is 3.24. The maximum atomic E-state index is 13.8. The van der Waals surface area contributed by atoms with E-state index in [1.54, 1.807) is 29.2 Å². The number of carbonyl (C=O) groups is 1. The van der Waals surface area contributed by atoms with Crippen LogP contribution in [0.15, 0.2) is 65.1 Å². The summed E-state index contributed by atoms with van der Waals surface area (Å²) in [6.07, 6.45) is 0. The molecule has 156 valence electrons. The van der Waals surface area contributed by atoms with Crippen LogP contribution in [0.1, 0.15) is 21.9 Å². The molecule has 30 heavy (non-hydrogen) atoms. The number of hydrogen-bond acceptors (Lipinski definition) is 4. The number of nitrogens with zero attached hydrogens (tertiary/aromatic N) is 2. The normalized spacial score (nSPS) is 14.7. The van der Waals surface area contributed by atoms with Crippen LogP contribution < -0.4 is 4.74 Å². The van der Waals surface area contributed by atoms with E-state index in [4.69, 9.17) is 9.15 Å². The highest BCUT2D eigenvalue weighted by atomic mass is 19.1. The summed E-state index contributed by atoms with van der Waals surface area (Å²) in [5.41, 5.74) is 0.661. The number of carbonyl (C=O) groups excluding carboxylic acids is 1. The van der Waals surface area contributed by atoms with Crippen molar-refractivity contribution in [3.8, 4) is 5.75 Å². The summed E-state index contributed by atoms with van der Waals surface area (Å²) < 4.78 is 37.9. The molecule has 1 fully saturated rings. The molecule has 0 N–H and O–H groups in total. The summed E-state index contributed by atoms with van der Waals surface area (Å²) in [7, 11) is 0. The monoisotopic (exact) mass is 412 g/mol. The van der Waals surface area contributed by atoms with Gasteiger partial charge < -0.3 is 14.1 Å². The summed E-state index contributed by atoms with van der Waals surface area (Å²) in [5.74, 6) is 0.584. The summed E-state index contributed by atoms with van der Waals surface area (Å²) in [5, 5.41) is 0. The van der Waals surface area contributed by atoms with E-state index < -0.39 is 0 Å². The second kappa shape index (κ2) is 9.09. The number of amides is 1. The molecule has 0 atom stereocenters. The van der Waals surface area contributed by atoms with Crippen molar-refractivity contribution >= 4 is 5.91 Å². The van der Waals surface area contributed by atoms with Gasteiger partial charge >= 0.3 is 0 Å². The average molecular weight is 412 g/mol. The van der Waals surface area contributed by atoms with Gasteiger partial charge in [-0.2, -0.15) is 0 Å². The molecule has 4 rings (SSSR count). The molecule has 1 aliphatic rings. The van der Waals surface area contributed by atoms with Gasteiger partial charge in [-0.25, -0.2) is 8.78 Å². The predicted octanol–water partition coefficient (Wildman–Crippen LogP) is 4.09. The van der Waals surface area contributed by atoms with Crippen LogP contribution in [0.25, 0.3) is 0 Å². The SMILES string of the molecule is O=C(c1ccc(COc2ccc(F)cc2)o1)N1CCN(Cc2ccccc2F)CC1. The summed E-state index contributed by atoms with van der Waals surface area (Å²) in [6.45, 7) is 3.11. The minimum absolute atomic E-state index is 0.148. The molecule has 0 bridgehead atoms. The maximum absolute atomic E-state index is 13.8. The number of halogens is 2. The van der Waals surface area contributed by atoms with E-state index >= 15 is 0 Å². The van der Waals surface area contributed by atoms with Crippen LogP contribution in [-0.4, -0.2) is 41.9 Å². The lowest BCUT2D eigenvalue weighted by molar-refractivity contribution is 0.0592. The van der Waals surface area contributed by atoms with E-state index in [0.717, 1.165) is 0 Å². The minimum Gasteiger partial charge on any atom is -0.486 e. The van der Waals surface area contributed by atoms with Gasteiger partial charge in [0.25, 0.3) is 5.91 Å². The highest BCUT2D eigenvalue weighted by molar-refractivity contribution is 5.91. The Morgan fingerprint density at radius 1 is 0.933 bits per heavy atom. The summed E-state index contributed by atoms with van der Waals surface area (Å²) in [6, 6.07) is 15.8. The molecule has 0 aliphatic carbocycles. The number of furan rings is 1. The molecule has 1 saturated heterocycles. The summed E-state index contributed by atoms with van der Waals surface area (Å²) >= 11 is 0. The van der Waals surface area contributed by atoms with Crippen molar-refractivity contribution in [2.75, 3.05) is 26.2 Å². The second-order valence-corrected chi connectivity index (χ2v) is 7.17. The van der Waals surface area contributed by atoms with Crippen molar-refractivity contribution < 1.29 is 22.7 Å². The molecule has 2 heterocycles. The Labute approximate surface area is 173 Å². The molecule has 1 aliphatic heterocycles. The van der Waals surface area contributed by atoms with Crippen LogP contribution in [0.4, 0.5) is 8.78 Å². The third-order valence-corrected chi connectivity index (χ3v) is 5.08. The van der Waals surface area contributed by atoms with Gasteiger partial charge in [0, 0.05) is 38.3 Å². The number of benzene rings is 2. The van der Waals surface area contributed by atoms with E-state index in [2.05, 4.69) is 4.90 Å². The molecule has 0 unspecified atom stereocenters. The van der Waals surface area contributed by atoms with Gasteiger partial charge in [-0.3, -0.25) is 9.69 Å². The van der Waals surface area contributed by atoms with Crippen LogP contribution in [0.3, 0.4) is 0 Å². The van der Waals surface area contributed by atoms with Crippen LogP contribution in [0.5, 0.6) is 5.75 Å². The molecule has 2 aromatic carbocycles. The lowest BCUT2D eigenvalue weighted by Crippen LogP contribution is -2.48. The molecule has 0 radical (unpaired) electrons. The predicted molar refractivity (Wildman–Crippen MR) is 107 cm³/mol. The van der Waals surface area contributed by atoms with Gasteiger partial charge in [0.15, 0.2) is 5.76 Å². The largest absolute Gasteiger partial charge is 0.486 e. The molecule has 0 spiro atoms. The Morgan fingerprint density at radius 3 is 2.40 bits per heavy atom. The van der Waals surface area contributed by atoms with Crippen molar-refractivity contribution in [2.24, 2.45) is 0 Å². The maximum Gasteiger partial charge on any atom is 0.289 e. The Bertz CT molecular complexity index is 996. The first kappa shape index (κ1) is 20.1. The van der Waals surface area contributed by atoms with E-state index in [1.807, 2.05) is 6.07 Å². The van der Waals surface area contributed by atoms with Gasteiger partial charge in [0.1, 0.15) is 29.8 Å². The second-order valence-electron chi connectivity index (χ2n) is 7.17. The van der Waals surface area contributed by atoms with Crippen LogP contribution in [0.2, 0.25) is 0 Å². The fraction of sp³-hybridized carbons (Fsp3) is 0.261. The fourth-order valence-electron chi connectivity index (χ4n) is 3.39. The Kier molecular flexibility index (Phi) is 6.09. The third-order valence-electron chi connectivity index (χ3n) is 5.08. The highest BCUT2D eigenvalue weighted by Gasteiger charge is 2.24. The Hall–Kier alpha value is -3.19. The van der Waals surface area contributed by atoms with Crippen molar-refractivity contribution in [3.05, 3.63) is 89.4 Å². The first-order valence-electron chi connectivity index (χ1n) is 9.80. The van der Waals surface area contributed by atoms with E-state index in [-0.39, 0.29) is 29.9 Å². The fourth-order valence-corrected chi connectivity index (χ4v) is 3.39. The van der Waals surface area contributed by atoms with E-state index in [0.29, 0.717) is 49.8 Å². The van der Waals surface area contributed by atoms with Gasteiger partial charge in [-0.05, 0) is 42.5 Å². The number of hydrogen-bond donors (Lipinski definition) is 0. The minimum atomic E-state index is -0.331. The van der Waals surface area contributed by atoms with Crippen LogP contribution >= 0.6 is 0 Å². The number of rotatable bonds is 6. The number of piperazine rings is 1. The van der Waals surface area contributed by atoms with E-state index in [9.17, 15) is 13.6 Å². The van der Waals surface area contributed by atoms with Gasteiger partial charge in [-0.15, -0.1) is 0 Å². The zero-order valence-corrected chi connectivity index (χ0v) is 16.4. The van der Waals surface area contributed by atoms with Crippen molar-refractivity contribution in [3.63, 3.8) is 0 Å². The lowest BCUT2D eigenvalue weighted by Gasteiger charge is -2.34. The van der Waals surface area contributed by atoms with Gasteiger partial charge in [-0.1, -0.05) is 18.2 Å². The van der Waals surface area contributed by atoms with Crippen molar-refractivity contribution in [2.45, 2.75) is 13.2 Å². The molecule has 1 amide bonds. The topological polar surface area (TPSA) is 45.9 Å². The van der Waals surface area contributed by atoms with Crippen molar-refractivity contribution in [1.82, 2.24) is 9.80 Å². The first-order chi connectivity index (χ1) is 14.6.